The zero-order valence-electron chi connectivity index (χ0n) is 12.1. The van der Waals surface area contributed by atoms with Crippen LogP contribution in [0.25, 0.3) is 11.1 Å². The van der Waals surface area contributed by atoms with Crippen molar-refractivity contribution >= 4 is 5.78 Å². The van der Waals surface area contributed by atoms with Gasteiger partial charge in [0.05, 0.1) is 0 Å². The van der Waals surface area contributed by atoms with Crippen molar-refractivity contribution in [2.75, 3.05) is 0 Å². The highest BCUT2D eigenvalue weighted by Gasteiger charge is 2.19. The van der Waals surface area contributed by atoms with Crippen molar-refractivity contribution in [2.24, 2.45) is 5.92 Å². The summed E-state index contributed by atoms with van der Waals surface area (Å²) in [6, 6.07) is 14.5. The molecule has 0 heterocycles. The molecule has 2 aromatic carbocycles. The quantitative estimate of drug-likeness (QED) is 0.778. The van der Waals surface area contributed by atoms with Crippen LogP contribution in [0.3, 0.4) is 0 Å². The summed E-state index contributed by atoms with van der Waals surface area (Å²) in [6.07, 6.45) is 0. The second-order valence-corrected chi connectivity index (χ2v) is 5.38. The molecule has 2 rings (SSSR count). The number of benzene rings is 2. The molecular weight excluding hydrogens is 251 g/mol. The molecule has 0 aliphatic heterocycles. The molecule has 0 aliphatic carbocycles. The SMILES string of the molecule is CC(C)C(=O)C(C)c1ccc(-c2ccccc2)c(F)c1. The molecule has 1 unspecified atom stereocenters. The third kappa shape index (κ3) is 2.96. The number of Topliss-reactive ketones (excluding diaryl/α,β-unsaturated/α-hetero) is 1. The van der Waals surface area contributed by atoms with Crippen molar-refractivity contribution < 1.29 is 9.18 Å². The molecule has 1 nitrogen and oxygen atoms in total. The lowest BCUT2D eigenvalue weighted by Gasteiger charge is -2.14. The highest BCUT2D eigenvalue weighted by molar-refractivity contribution is 5.87. The van der Waals surface area contributed by atoms with Crippen molar-refractivity contribution in [1.29, 1.82) is 0 Å². The van der Waals surface area contributed by atoms with E-state index in [0.717, 1.165) is 11.1 Å². The average molecular weight is 270 g/mol. The van der Waals surface area contributed by atoms with Crippen molar-refractivity contribution in [2.45, 2.75) is 26.7 Å². The number of rotatable bonds is 4. The van der Waals surface area contributed by atoms with Crippen LogP contribution in [-0.2, 0) is 4.79 Å². The number of hydrogen-bond donors (Lipinski definition) is 0. The van der Waals surface area contributed by atoms with E-state index in [0.29, 0.717) is 5.56 Å². The number of hydrogen-bond acceptors (Lipinski definition) is 1. The summed E-state index contributed by atoms with van der Waals surface area (Å²) in [5, 5.41) is 0. The van der Waals surface area contributed by atoms with Crippen LogP contribution in [0.5, 0.6) is 0 Å². The van der Waals surface area contributed by atoms with Gasteiger partial charge < -0.3 is 0 Å². The molecule has 2 heteroatoms. The standard InChI is InChI=1S/C18H19FO/c1-12(2)18(20)13(3)15-9-10-16(17(19)11-15)14-7-5-4-6-8-14/h4-13H,1-3H3. The Bertz CT molecular complexity index is 602. The first kappa shape index (κ1) is 14.4. The van der Waals surface area contributed by atoms with Crippen LogP contribution in [0.4, 0.5) is 4.39 Å². The average Bonchev–Trinajstić information content (AvgIpc) is 2.46. The lowest BCUT2D eigenvalue weighted by Crippen LogP contribution is -2.15. The van der Waals surface area contributed by atoms with Gasteiger partial charge in [0.25, 0.3) is 0 Å². The minimum atomic E-state index is -0.280. The molecule has 0 bridgehead atoms. The highest BCUT2D eigenvalue weighted by Crippen LogP contribution is 2.27. The Hall–Kier alpha value is -1.96. The van der Waals surface area contributed by atoms with Crippen molar-refractivity contribution in [3.8, 4) is 11.1 Å². The van der Waals surface area contributed by atoms with E-state index < -0.39 is 0 Å². The predicted octanol–water partition coefficient (Wildman–Crippen LogP) is 4.82. The Balaban J connectivity index is 2.33. The lowest BCUT2D eigenvalue weighted by atomic mass is 9.89. The van der Waals surface area contributed by atoms with E-state index in [1.54, 1.807) is 6.07 Å². The van der Waals surface area contributed by atoms with Crippen molar-refractivity contribution in [3.63, 3.8) is 0 Å². The van der Waals surface area contributed by atoms with Crippen LogP contribution in [0.2, 0.25) is 0 Å². The summed E-state index contributed by atoms with van der Waals surface area (Å²) < 4.78 is 14.2. The van der Waals surface area contributed by atoms with E-state index >= 15 is 0 Å². The minimum absolute atomic E-state index is 0.0399. The van der Waals surface area contributed by atoms with Gasteiger partial charge in [-0.05, 0) is 17.2 Å². The number of carbonyl (C=O) groups is 1. The fraction of sp³-hybridized carbons (Fsp3) is 0.278. The summed E-state index contributed by atoms with van der Waals surface area (Å²) in [5.41, 5.74) is 2.15. The minimum Gasteiger partial charge on any atom is -0.299 e. The molecule has 20 heavy (non-hydrogen) atoms. The van der Waals surface area contributed by atoms with E-state index in [2.05, 4.69) is 0 Å². The second-order valence-electron chi connectivity index (χ2n) is 5.38. The molecule has 0 N–H and O–H groups in total. The number of carbonyl (C=O) groups excluding carboxylic acids is 1. The van der Waals surface area contributed by atoms with Crippen molar-refractivity contribution in [1.82, 2.24) is 0 Å². The summed E-state index contributed by atoms with van der Waals surface area (Å²) in [4.78, 5) is 12.0. The highest BCUT2D eigenvalue weighted by atomic mass is 19.1. The predicted molar refractivity (Wildman–Crippen MR) is 80.1 cm³/mol. The van der Waals surface area contributed by atoms with Gasteiger partial charge in [0, 0.05) is 17.4 Å². The van der Waals surface area contributed by atoms with Gasteiger partial charge in [0.1, 0.15) is 11.6 Å². The Kier molecular flexibility index (Phi) is 4.33. The third-order valence-corrected chi connectivity index (χ3v) is 3.57. The summed E-state index contributed by atoms with van der Waals surface area (Å²) in [6.45, 7) is 5.57. The van der Waals surface area contributed by atoms with E-state index in [1.165, 1.54) is 6.07 Å². The maximum Gasteiger partial charge on any atom is 0.142 e. The normalized spacial score (nSPS) is 12.4. The van der Waals surface area contributed by atoms with Gasteiger partial charge in [0.15, 0.2) is 0 Å². The van der Waals surface area contributed by atoms with E-state index in [-0.39, 0.29) is 23.4 Å². The van der Waals surface area contributed by atoms with Crippen LogP contribution >= 0.6 is 0 Å². The van der Waals surface area contributed by atoms with E-state index in [9.17, 15) is 9.18 Å². The topological polar surface area (TPSA) is 17.1 Å². The summed E-state index contributed by atoms with van der Waals surface area (Å²) in [7, 11) is 0. The fourth-order valence-electron chi connectivity index (χ4n) is 2.32. The van der Waals surface area contributed by atoms with E-state index in [4.69, 9.17) is 0 Å². The molecule has 0 saturated carbocycles. The Morgan fingerprint density at radius 2 is 1.65 bits per heavy atom. The monoisotopic (exact) mass is 270 g/mol. The maximum absolute atomic E-state index is 14.2. The zero-order valence-corrected chi connectivity index (χ0v) is 12.1. The van der Waals surface area contributed by atoms with Gasteiger partial charge in [0.2, 0.25) is 0 Å². The Morgan fingerprint density at radius 1 is 1.00 bits per heavy atom. The lowest BCUT2D eigenvalue weighted by molar-refractivity contribution is -0.123. The molecule has 104 valence electrons. The smallest absolute Gasteiger partial charge is 0.142 e. The second kappa shape index (κ2) is 6.00. The van der Waals surface area contributed by atoms with Gasteiger partial charge in [-0.1, -0.05) is 63.2 Å². The molecule has 0 saturated heterocycles. The summed E-state index contributed by atoms with van der Waals surface area (Å²) >= 11 is 0. The van der Waals surface area contributed by atoms with Gasteiger partial charge in [-0.3, -0.25) is 4.79 Å². The van der Waals surface area contributed by atoms with Gasteiger partial charge in [-0.15, -0.1) is 0 Å². The van der Waals surface area contributed by atoms with E-state index in [1.807, 2.05) is 57.2 Å². The molecule has 0 aliphatic rings. The summed E-state index contributed by atoms with van der Waals surface area (Å²) in [5.74, 6) is -0.454. The van der Waals surface area contributed by atoms with Crippen LogP contribution < -0.4 is 0 Å². The Morgan fingerprint density at radius 3 is 2.20 bits per heavy atom. The number of ketones is 1. The molecule has 0 aromatic heterocycles. The first-order valence-electron chi connectivity index (χ1n) is 6.89. The molecular formula is C18H19FO. The first-order valence-corrected chi connectivity index (χ1v) is 6.89. The molecule has 2 aromatic rings. The zero-order chi connectivity index (χ0) is 14.7. The first-order chi connectivity index (χ1) is 9.50. The maximum atomic E-state index is 14.2. The van der Waals surface area contributed by atoms with Crippen LogP contribution in [0.15, 0.2) is 48.5 Å². The fourth-order valence-corrected chi connectivity index (χ4v) is 2.32. The third-order valence-electron chi connectivity index (χ3n) is 3.57. The molecule has 0 fully saturated rings. The van der Waals surface area contributed by atoms with Gasteiger partial charge >= 0.3 is 0 Å². The Labute approximate surface area is 119 Å². The van der Waals surface area contributed by atoms with Crippen LogP contribution in [-0.4, -0.2) is 5.78 Å². The van der Waals surface area contributed by atoms with Crippen molar-refractivity contribution in [3.05, 3.63) is 59.9 Å². The van der Waals surface area contributed by atoms with Gasteiger partial charge in [-0.25, -0.2) is 4.39 Å². The molecule has 0 amide bonds. The molecule has 1 atom stereocenters. The molecule has 0 radical (unpaired) electrons. The van der Waals surface area contributed by atoms with Crippen LogP contribution in [0, 0.1) is 11.7 Å². The van der Waals surface area contributed by atoms with Gasteiger partial charge in [-0.2, -0.15) is 0 Å². The van der Waals surface area contributed by atoms with Crippen LogP contribution in [0.1, 0.15) is 32.3 Å². The largest absolute Gasteiger partial charge is 0.299 e. The molecule has 0 spiro atoms. The number of halogens is 1.